The monoisotopic (exact) mass is 139 g/mol. The Balaban J connectivity index is 4.41. The molecule has 0 bridgehead atoms. The number of hydrogen-bond donors (Lipinski definition) is 2. The zero-order valence-corrected chi connectivity index (χ0v) is 5.70. The van der Waals surface area contributed by atoms with Crippen LogP contribution in [0.15, 0.2) is 0 Å². The van der Waals surface area contributed by atoms with Crippen LogP contribution >= 0.6 is 0 Å². The van der Waals surface area contributed by atoms with Gasteiger partial charge in [-0.3, -0.25) is 0 Å². The predicted octanol–water partition coefficient (Wildman–Crippen LogP) is -0.497. The fraction of sp³-hybridized carbons (Fsp3) is 0.571. The van der Waals surface area contributed by atoms with E-state index in [-0.39, 0.29) is 0 Å². The molecule has 0 aliphatic heterocycles. The second-order valence-corrected chi connectivity index (χ2v) is 2.16. The van der Waals surface area contributed by atoms with Gasteiger partial charge in [0.1, 0.15) is 11.5 Å². The fourth-order valence-corrected chi connectivity index (χ4v) is 0.386. The zero-order chi connectivity index (χ0) is 8.20. The normalized spacial score (nSPS) is 18.1. The molecule has 0 radical (unpaired) electrons. The Bertz CT molecular complexity index is 173. The Kier molecular flexibility index (Phi) is 2.89. The number of nitriles is 1. The minimum Gasteiger partial charge on any atom is -0.394 e. The smallest absolute Gasteiger partial charge is 0.142 e. The maximum atomic E-state index is 8.96. The van der Waals surface area contributed by atoms with Gasteiger partial charge in [0.25, 0.3) is 0 Å². The summed E-state index contributed by atoms with van der Waals surface area (Å²) in [4.78, 5) is 0. The van der Waals surface area contributed by atoms with Crippen molar-refractivity contribution in [1.82, 2.24) is 0 Å². The van der Waals surface area contributed by atoms with E-state index in [9.17, 15) is 0 Å². The van der Waals surface area contributed by atoms with Crippen LogP contribution in [0.25, 0.3) is 0 Å². The Hall–Kier alpha value is -1.03. The van der Waals surface area contributed by atoms with Gasteiger partial charge in [-0.15, -0.1) is 6.42 Å². The molecule has 0 spiro atoms. The van der Waals surface area contributed by atoms with E-state index in [1.165, 1.54) is 6.92 Å². The Morgan fingerprint density at radius 2 is 2.30 bits per heavy atom. The van der Waals surface area contributed by atoms with Gasteiger partial charge in [0.05, 0.1) is 12.7 Å². The summed E-state index contributed by atoms with van der Waals surface area (Å²) in [6.45, 7) is 0.905. The van der Waals surface area contributed by atoms with Crippen molar-refractivity contribution in [2.45, 2.75) is 13.0 Å². The largest absolute Gasteiger partial charge is 0.394 e. The number of hydrogen-bond acceptors (Lipinski definition) is 3. The summed E-state index contributed by atoms with van der Waals surface area (Å²) in [5.74, 6) is 2.11. The third-order valence-electron chi connectivity index (χ3n) is 1.37. The van der Waals surface area contributed by atoms with Crippen molar-refractivity contribution in [3.05, 3.63) is 0 Å². The quantitative estimate of drug-likeness (QED) is 0.507. The molecule has 0 aromatic carbocycles. The molecule has 0 saturated carbocycles. The van der Waals surface area contributed by atoms with Gasteiger partial charge < -0.3 is 10.2 Å². The number of terminal acetylenes is 1. The summed E-state index contributed by atoms with van der Waals surface area (Å²) >= 11 is 0. The average Bonchev–Trinajstić information content (AvgIpc) is 2.01. The van der Waals surface area contributed by atoms with Crippen molar-refractivity contribution in [2.75, 3.05) is 6.61 Å². The Labute approximate surface area is 59.9 Å². The fourth-order valence-electron chi connectivity index (χ4n) is 0.386. The summed E-state index contributed by atoms with van der Waals surface area (Å²) < 4.78 is 0. The summed E-state index contributed by atoms with van der Waals surface area (Å²) in [7, 11) is 0. The van der Waals surface area contributed by atoms with E-state index in [0.717, 1.165) is 0 Å². The summed E-state index contributed by atoms with van der Waals surface area (Å²) in [6, 6.07) is 1.73. The highest BCUT2D eigenvalue weighted by Gasteiger charge is 2.29. The average molecular weight is 139 g/mol. The van der Waals surface area contributed by atoms with Crippen molar-refractivity contribution < 1.29 is 10.2 Å². The molecule has 0 aromatic rings. The van der Waals surface area contributed by atoms with Crippen LogP contribution in [0.3, 0.4) is 0 Å². The molecule has 0 rings (SSSR count). The highest BCUT2D eigenvalue weighted by Crippen LogP contribution is 2.17. The molecular weight excluding hydrogens is 130 g/mol. The first-order valence-electron chi connectivity index (χ1n) is 2.78. The molecular formula is C7H9NO2. The van der Waals surface area contributed by atoms with Crippen LogP contribution in [0.2, 0.25) is 0 Å². The second kappa shape index (κ2) is 3.22. The highest BCUT2D eigenvalue weighted by atomic mass is 16.3. The molecule has 2 N–H and O–H groups in total. The molecule has 3 nitrogen and oxygen atoms in total. The van der Waals surface area contributed by atoms with Crippen LogP contribution < -0.4 is 0 Å². The molecule has 10 heavy (non-hydrogen) atoms. The molecule has 3 heteroatoms. The molecule has 2 atom stereocenters. The second-order valence-electron chi connectivity index (χ2n) is 2.16. The van der Waals surface area contributed by atoms with Gasteiger partial charge in [-0.2, -0.15) is 5.26 Å². The van der Waals surface area contributed by atoms with Crippen molar-refractivity contribution in [2.24, 2.45) is 5.41 Å². The summed E-state index contributed by atoms with van der Waals surface area (Å²) in [6.07, 6.45) is 3.79. The first kappa shape index (κ1) is 8.97. The third-order valence-corrected chi connectivity index (χ3v) is 1.37. The lowest BCUT2D eigenvalue weighted by atomic mass is 9.87. The van der Waals surface area contributed by atoms with Crippen molar-refractivity contribution in [3.8, 4) is 18.4 Å². The molecule has 0 saturated heterocycles. The lowest BCUT2D eigenvalue weighted by Crippen LogP contribution is -2.32. The van der Waals surface area contributed by atoms with Gasteiger partial charge in [-0.05, 0) is 6.92 Å². The highest BCUT2D eigenvalue weighted by molar-refractivity contribution is 5.18. The number of rotatable bonds is 2. The van der Waals surface area contributed by atoms with E-state index in [4.69, 9.17) is 21.9 Å². The Morgan fingerprint density at radius 1 is 1.80 bits per heavy atom. The van der Waals surface area contributed by atoms with Crippen LogP contribution in [0, 0.1) is 29.1 Å². The van der Waals surface area contributed by atoms with E-state index in [1.54, 1.807) is 6.07 Å². The van der Waals surface area contributed by atoms with E-state index in [0.29, 0.717) is 0 Å². The van der Waals surface area contributed by atoms with Gasteiger partial charge in [-0.1, -0.05) is 5.92 Å². The van der Waals surface area contributed by atoms with E-state index in [2.05, 4.69) is 5.92 Å². The molecule has 0 aliphatic rings. The number of aliphatic hydroxyl groups is 2. The summed E-state index contributed by atoms with van der Waals surface area (Å²) in [5.41, 5.74) is -1.27. The molecule has 0 heterocycles. The lowest BCUT2D eigenvalue weighted by molar-refractivity contribution is 0.0469. The topological polar surface area (TPSA) is 64.2 Å². The maximum Gasteiger partial charge on any atom is 0.142 e. The predicted molar refractivity (Wildman–Crippen MR) is 35.6 cm³/mol. The standard InChI is InChI=1S/C7H9NO2/c1-3-7(2,5-8)6(10)4-9/h1,6,9-10H,4H2,2H3. The lowest BCUT2D eigenvalue weighted by Gasteiger charge is -2.18. The van der Waals surface area contributed by atoms with E-state index < -0.39 is 18.1 Å². The van der Waals surface area contributed by atoms with Crippen LogP contribution in [0.4, 0.5) is 0 Å². The molecule has 2 unspecified atom stereocenters. The van der Waals surface area contributed by atoms with Crippen molar-refractivity contribution >= 4 is 0 Å². The van der Waals surface area contributed by atoms with Gasteiger partial charge >= 0.3 is 0 Å². The molecule has 0 aromatic heterocycles. The van der Waals surface area contributed by atoms with Crippen LogP contribution in [-0.2, 0) is 0 Å². The minimum atomic E-state index is -1.27. The Morgan fingerprint density at radius 3 is 2.40 bits per heavy atom. The van der Waals surface area contributed by atoms with Gasteiger partial charge in [0.2, 0.25) is 0 Å². The number of aliphatic hydroxyl groups excluding tert-OH is 2. The van der Waals surface area contributed by atoms with Gasteiger partial charge in [-0.25, -0.2) is 0 Å². The minimum absolute atomic E-state index is 0.492. The third kappa shape index (κ3) is 1.48. The van der Waals surface area contributed by atoms with Crippen molar-refractivity contribution in [1.29, 1.82) is 5.26 Å². The number of nitrogens with zero attached hydrogens (tertiary/aromatic N) is 1. The van der Waals surface area contributed by atoms with E-state index >= 15 is 0 Å². The molecule has 0 aliphatic carbocycles. The molecule has 54 valence electrons. The first-order chi connectivity index (χ1) is 4.60. The molecule has 0 amide bonds. The van der Waals surface area contributed by atoms with Crippen LogP contribution in [-0.4, -0.2) is 22.9 Å². The van der Waals surface area contributed by atoms with Crippen molar-refractivity contribution in [3.63, 3.8) is 0 Å². The maximum absolute atomic E-state index is 8.96. The first-order valence-corrected chi connectivity index (χ1v) is 2.78. The van der Waals surface area contributed by atoms with Crippen LogP contribution in [0.5, 0.6) is 0 Å². The van der Waals surface area contributed by atoms with Gasteiger partial charge in [0, 0.05) is 0 Å². The summed E-state index contributed by atoms with van der Waals surface area (Å²) in [5, 5.41) is 25.8. The SMILES string of the molecule is C#CC(C)(C#N)C(O)CO. The van der Waals surface area contributed by atoms with E-state index in [1.807, 2.05) is 0 Å². The zero-order valence-electron chi connectivity index (χ0n) is 5.70. The van der Waals surface area contributed by atoms with Crippen LogP contribution in [0.1, 0.15) is 6.92 Å². The molecule has 0 fully saturated rings. The van der Waals surface area contributed by atoms with Gasteiger partial charge in [0.15, 0.2) is 0 Å².